The fourth-order valence-electron chi connectivity index (χ4n) is 2.61. The second kappa shape index (κ2) is 10.6. The van der Waals surface area contributed by atoms with Gasteiger partial charge in [0.1, 0.15) is 0 Å². The monoisotopic (exact) mass is 449 g/mol. The Balaban J connectivity index is 0.00000288. The fraction of sp³-hybridized carbons (Fsp3) is 0.588. The SMILES string of the molecule is CCNC(=NCc1ccc(OCC)c(OC)c1)N1CC[C@@H](O)C1.I. The first kappa shape index (κ1) is 20.8. The number of halogens is 1. The molecule has 1 aromatic rings. The van der Waals surface area contributed by atoms with Crippen LogP contribution in [0.3, 0.4) is 0 Å². The Morgan fingerprint density at radius 3 is 2.75 bits per heavy atom. The van der Waals surface area contributed by atoms with Crippen molar-refractivity contribution >= 4 is 29.9 Å². The van der Waals surface area contributed by atoms with Gasteiger partial charge in [-0.3, -0.25) is 0 Å². The third-order valence-corrected chi connectivity index (χ3v) is 3.74. The van der Waals surface area contributed by atoms with Gasteiger partial charge in [-0.25, -0.2) is 4.99 Å². The smallest absolute Gasteiger partial charge is 0.194 e. The van der Waals surface area contributed by atoms with E-state index in [0.717, 1.165) is 42.5 Å². The van der Waals surface area contributed by atoms with E-state index in [4.69, 9.17) is 9.47 Å². The molecule has 24 heavy (non-hydrogen) atoms. The molecule has 1 heterocycles. The zero-order chi connectivity index (χ0) is 16.7. The van der Waals surface area contributed by atoms with E-state index >= 15 is 0 Å². The molecule has 0 aliphatic carbocycles. The molecule has 0 aromatic heterocycles. The summed E-state index contributed by atoms with van der Waals surface area (Å²) in [5.41, 5.74) is 1.06. The zero-order valence-electron chi connectivity index (χ0n) is 14.6. The molecule has 1 atom stereocenters. The maximum absolute atomic E-state index is 9.70. The van der Waals surface area contributed by atoms with Gasteiger partial charge in [-0.2, -0.15) is 0 Å². The van der Waals surface area contributed by atoms with Gasteiger partial charge in [-0.1, -0.05) is 6.07 Å². The van der Waals surface area contributed by atoms with Gasteiger partial charge in [-0.15, -0.1) is 24.0 Å². The number of aliphatic hydroxyl groups is 1. The number of nitrogens with one attached hydrogen (secondary N) is 1. The molecule has 2 N–H and O–H groups in total. The maximum Gasteiger partial charge on any atom is 0.194 e. The molecule has 0 spiro atoms. The molecule has 0 radical (unpaired) electrons. The molecule has 0 unspecified atom stereocenters. The Kier molecular flexibility index (Phi) is 9.20. The summed E-state index contributed by atoms with van der Waals surface area (Å²) in [7, 11) is 1.64. The van der Waals surface area contributed by atoms with Crippen LogP contribution in [-0.2, 0) is 6.54 Å². The highest BCUT2D eigenvalue weighted by molar-refractivity contribution is 14.0. The highest BCUT2D eigenvalue weighted by Crippen LogP contribution is 2.28. The van der Waals surface area contributed by atoms with E-state index in [1.54, 1.807) is 7.11 Å². The van der Waals surface area contributed by atoms with Crippen molar-refractivity contribution in [2.75, 3.05) is 33.4 Å². The van der Waals surface area contributed by atoms with Crippen LogP contribution in [0.4, 0.5) is 0 Å². The Hall–Kier alpha value is -1.22. The summed E-state index contributed by atoms with van der Waals surface area (Å²) in [5.74, 6) is 2.32. The minimum absolute atomic E-state index is 0. The number of β-amino-alcohol motifs (C(OH)–C–C–N with tert-alkyl or cyclic N) is 1. The number of hydrogen-bond donors (Lipinski definition) is 2. The van der Waals surface area contributed by atoms with Crippen LogP contribution in [0.15, 0.2) is 23.2 Å². The van der Waals surface area contributed by atoms with Gasteiger partial charge in [0.2, 0.25) is 0 Å². The largest absolute Gasteiger partial charge is 0.493 e. The molecule has 0 saturated carbocycles. The second-order valence-electron chi connectivity index (χ2n) is 5.48. The van der Waals surface area contributed by atoms with E-state index in [0.29, 0.717) is 19.7 Å². The average Bonchev–Trinajstić information content (AvgIpc) is 2.99. The molecule has 7 heteroatoms. The number of aliphatic hydroxyl groups excluding tert-OH is 1. The van der Waals surface area contributed by atoms with Crippen molar-refractivity contribution in [2.24, 2.45) is 4.99 Å². The molecule has 1 fully saturated rings. The summed E-state index contributed by atoms with van der Waals surface area (Å²) in [6.45, 7) is 7.43. The van der Waals surface area contributed by atoms with E-state index in [1.165, 1.54) is 0 Å². The third-order valence-electron chi connectivity index (χ3n) is 3.74. The van der Waals surface area contributed by atoms with Crippen LogP contribution in [0.25, 0.3) is 0 Å². The van der Waals surface area contributed by atoms with Gasteiger partial charge in [0, 0.05) is 19.6 Å². The summed E-state index contributed by atoms with van der Waals surface area (Å²) in [5, 5.41) is 13.0. The highest BCUT2D eigenvalue weighted by Gasteiger charge is 2.22. The van der Waals surface area contributed by atoms with Crippen molar-refractivity contribution in [3.05, 3.63) is 23.8 Å². The predicted molar refractivity (Wildman–Crippen MR) is 107 cm³/mol. The van der Waals surface area contributed by atoms with Crippen molar-refractivity contribution in [1.82, 2.24) is 10.2 Å². The van der Waals surface area contributed by atoms with Crippen LogP contribution in [0.5, 0.6) is 11.5 Å². The first-order valence-electron chi connectivity index (χ1n) is 8.19. The van der Waals surface area contributed by atoms with E-state index in [9.17, 15) is 5.11 Å². The number of methoxy groups -OCH3 is 1. The molecule has 1 aromatic carbocycles. The Labute approximate surface area is 161 Å². The third kappa shape index (κ3) is 5.70. The molecule has 1 aliphatic rings. The lowest BCUT2D eigenvalue weighted by Gasteiger charge is -2.21. The predicted octanol–water partition coefficient (Wildman–Crippen LogP) is 2.24. The topological polar surface area (TPSA) is 66.3 Å². The number of guanidine groups is 1. The minimum Gasteiger partial charge on any atom is -0.493 e. The summed E-state index contributed by atoms with van der Waals surface area (Å²) in [6.07, 6.45) is 0.533. The Morgan fingerprint density at radius 1 is 1.38 bits per heavy atom. The van der Waals surface area contributed by atoms with Crippen LogP contribution in [0.1, 0.15) is 25.8 Å². The zero-order valence-corrected chi connectivity index (χ0v) is 16.9. The molecule has 6 nitrogen and oxygen atoms in total. The molecule has 1 saturated heterocycles. The van der Waals surface area contributed by atoms with Crippen LogP contribution < -0.4 is 14.8 Å². The maximum atomic E-state index is 9.70. The Bertz CT molecular complexity index is 540. The highest BCUT2D eigenvalue weighted by atomic mass is 127. The van der Waals surface area contributed by atoms with Gasteiger partial charge in [-0.05, 0) is 38.0 Å². The van der Waals surface area contributed by atoms with Gasteiger partial charge in [0.25, 0.3) is 0 Å². The van der Waals surface area contributed by atoms with E-state index in [2.05, 4.69) is 15.2 Å². The van der Waals surface area contributed by atoms with Crippen molar-refractivity contribution < 1.29 is 14.6 Å². The van der Waals surface area contributed by atoms with Gasteiger partial charge >= 0.3 is 0 Å². The van der Waals surface area contributed by atoms with Gasteiger partial charge in [0.15, 0.2) is 17.5 Å². The van der Waals surface area contributed by atoms with Crippen molar-refractivity contribution in [3.8, 4) is 11.5 Å². The molecule has 2 rings (SSSR count). The number of ether oxygens (including phenoxy) is 2. The van der Waals surface area contributed by atoms with E-state index in [1.807, 2.05) is 32.0 Å². The number of rotatable bonds is 6. The lowest BCUT2D eigenvalue weighted by atomic mass is 10.2. The van der Waals surface area contributed by atoms with Crippen LogP contribution in [-0.4, -0.2) is 55.4 Å². The molecular formula is C17H28IN3O3. The van der Waals surface area contributed by atoms with Crippen LogP contribution >= 0.6 is 24.0 Å². The fourth-order valence-corrected chi connectivity index (χ4v) is 2.61. The number of benzene rings is 1. The summed E-state index contributed by atoms with van der Waals surface area (Å²) in [4.78, 5) is 6.77. The Morgan fingerprint density at radius 2 is 2.17 bits per heavy atom. The number of hydrogen-bond acceptors (Lipinski definition) is 4. The lowest BCUT2D eigenvalue weighted by molar-refractivity contribution is 0.188. The first-order chi connectivity index (χ1) is 11.2. The molecule has 0 amide bonds. The number of aliphatic imine (C=N–C) groups is 1. The normalized spacial score (nSPS) is 17.4. The van der Waals surface area contributed by atoms with E-state index < -0.39 is 0 Å². The van der Waals surface area contributed by atoms with Crippen molar-refractivity contribution in [1.29, 1.82) is 0 Å². The molecular weight excluding hydrogens is 421 g/mol. The first-order valence-corrected chi connectivity index (χ1v) is 8.19. The molecule has 136 valence electrons. The van der Waals surface area contributed by atoms with Gasteiger partial charge < -0.3 is 24.8 Å². The minimum atomic E-state index is -0.260. The van der Waals surface area contributed by atoms with Crippen LogP contribution in [0, 0.1) is 0 Å². The van der Waals surface area contributed by atoms with Crippen LogP contribution in [0.2, 0.25) is 0 Å². The number of nitrogens with zero attached hydrogens (tertiary/aromatic N) is 2. The van der Waals surface area contributed by atoms with Crippen molar-refractivity contribution in [2.45, 2.75) is 32.9 Å². The average molecular weight is 449 g/mol. The lowest BCUT2D eigenvalue weighted by Crippen LogP contribution is -2.40. The quantitative estimate of drug-likeness (QED) is 0.396. The van der Waals surface area contributed by atoms with Gasteiger partial charge in [0.05, 0.1) is 26.4 Å². The molecule has 1 aliphatic heterocycles. The summed E-state index contributed by atoms with van der Waals surface area (Å²) in [6, 6.07) is 5.87. The summed E-state index contributed by atoms with van der Waals surface area (Å²) < 4.78 is 10.9. The second-order valence-corrected chi connectivity index (χ2v) is 5.48. The summed E-state index contributed by atoms with van der Waals surface area (Å²) >= 11 is 0. The van der Waals surface area contributed by atoms with Crippen molar-refractivity contribution in [3.63, 3.8) is 0 Å². The standard InChI is InChI=1S/C17H27N3O3.HI/c1-4-18-17(20-9-8-14(21)12-20)19-11-13-6-7-15(23-5-2)16(10-13)22-3;/h6-7,10,14,21H,4-5,8-9,11-12H2,1-3H3,(H,18,19);1H/t14-;/m1./s1. The molecule has 0 bridgehead atoms. The van der Waals surface area contributed by atoms with E-state index in [-0.39, 0.29) is 30.1 Å². The number of likely N-dealkylation sites (tertiary alicyclic amines) is 1.